The topological polar surface area (TPSA) is 32.3 Å². The Hall–Kier alpha value is -1.35. The van der Waals surface area contributed by atoms with E-state index in [1.807, 2.05) is 7.05 Å². The highest BCUT2D eigenvalue weighted by atomic mass is 16.2. The summed E-state index contributed by atoms with van der Waals surface area (Å²) in [5, 5.41) is 3.44. The molecule has 1 fully saturated rings. The van der Waals surface area contributed by atoms with Gasteiger partial charge in [-0.3, -0.25) is 4.79 Å². The van der Waals surface area contributed by atoms with Crippen molar-refractivity contribution >= 4 is 5.91 Å². The normalized spacial score (nSPS) is 21.2. The Morgan fingerprint density at radius 1 is 1.28 bits per heavy atom. The molecule has 1 heterocycles. The third-order valence-corrected chi connectivity index (χ3v) is 3.65. The molecular weight excluding hydrogens is 224 g/mol. The number of likely N-dealkylation sites (N-methyl/N-ethyl adjacent to an activating group) is 1. The SMILES string of the molecule is CC(C)c1ccc(C2CC(=O)N(C)CCN2)cc1. The summed E-state index contributed by atoms with van der Waals surface area (Å²) in [6, 6.07) is 8.78. The van der Waals surface area contributed by atoms with Crippen LogP contribution in [-0.2, 0) is 4.79 Å². The van der Waals surface area contributed by atoms with Gasteiger partial charge < -0.3 is 10.2 Å². The molecular formula is C15H22N2O. The second-order valence-corrected chi connectivity index (χ2v) is 5.35. The molecule has 3 nitrogen and oxygen atoms in total. The van der Waals surface area contributed by atoms with Gasteiger partial charge in [0.2, 0.25) is 5.91 Å². The average molecular weight is 246 g/mol. The van der Waals surface area contributed by atoms with Gasteiger partial charge in [-0.2, -0.15) is 0 Å². The van der Waals surface area contributed by atoms with Crippen molar-refractivity contribution < 1.29 is 4.79 Å². The van der Waals surface area contributed by atoms with Crippen LogP contribution in [0, 0.1) is 0 Å². The lowest BCUT2D eigenvalue weighted by Gasteiger charge is -2.16. The molecule has 1 atom stereocenters. The van der Waals surface area contributed by atoms with Gasteiger partial charge in [0, 0.05) is 32.6 Å². The lowest BCUT2D eigenvalue weighted by Crippen LogP contribution is -2.27. The number of rotatable bonds is 2. The number of nitrogens with one attached hydrogen (secondary N) is 1. The third kappa shape index (κ3) is 2.91. The van der Waals surface area contributed by atoms with Gasteiger partial charge in [0.15, 0.2) is 0 Å². The molecule has 1 aliphatic rings. The maximum absolute atomic E-state index is 11.9. The smallest absolute Gasteiger partial charge is 0.224 e. The molecule has 0 spiro atoms. The van der Waals surface area contributed by atoms with E-state index in [9.17, 15) is 4.79 Å². The molecule has 1 aromatic rings. The van der Waals surface area contributed by atoms with Gasteiger partial charge in [-0.05, 0) is 17.0 Å². The van der Waals surface area contributed by atoms with E-state index in [0.717, 1.165) is 13.1 Å². The summed E-state index contributed by atoms with van der Waals surface area (Å²) >= 11 is 0. The van der Waals surface area contributed by atoms with Gasteiger partial charge >= 0.3 is 0 Å². The molecule has 0 saturated carbocycles. The van der Waals surface area contributed by atoms with Crippen LogP contribution in [0.15, 0.2) is 24.3 Å². The first-order valence-electron chi connectivity index (χ1n) is 6.65. The molecule has 98 valence electrons. The van der Waals surface area contributed by atoms with Crippen molar-refractivity contribution in [1.29, 1.82) is 0 Å². The second-order valence-electron chi connectivity index (χ2n) is 5.35. The average Bonchev–Trinajstić information content (AvgIpc) is 2.52. The van der Waals surface area contributed by atoms with E-state index in [1.165, 1.54) is 11.1 Å². The maximum Gasteiger partial charge on any atom is 0.224 e. The second kappa shape index (κ2) is 5.53. The minimum absolute atomic E-state index is 0.156. The van der Waals surface area contributed by atoms with E-state index >= 15 is 0 Å². The summed E-state index contributed by atoms with van der Waals surface area (Å²) in [6.45, 7) is 6.03. The lowest BCUT2D eigenvalue weighted by atomic mass is 9.97. The van der Waals surface area contributed by atoms with Crippen LogP contribution in [0.5, 0.6) is 0 Å². The molecule has 0 radical (unpaired) electrons. The van der Waals surface area contributed by atoms with Crippen LogP contribution >= 0.6 is 0 Å². The first-order chi connectivity index (χ1) is 8.58. The van der Waals surface area contributed by atoms with E-state index in [0.29, 0.717) is 12.3 Å². The Morgan fingerprint density at radius 2 is 1.94 bits per heavy atom. The number of hydrogen-bond donors (Lipinski definition) is 1. The Labute approximate surface area is 109 Å². The molecule has 1 saturated heterocycles. The zero-order valence-corrected chi connectivity index (χ0v) is 11.4. The summed E-state index contributed by atoms with van der Waals surface area (Å²) in [6.07, 6.45) is 0.553. The van der Waals surface area contributed by atoms with Gasteiger partial charge in [-0.15, -0.1) is 0 Å². The van der Waals surface area contributed by atoms with Crippen molar-refractivity contribution in [2.45, 2.75) is 32.2 Å². The third-order valence-electron chi connectivity index (χ3n) is 3.65. The van der Waals surface area contributed by atoms with Crippen LogP contribution in [0.1, 0.15) is 43.4 Å². The van der Waals surface area contributed by atoms with E-state index < -0.39 is 0 Å². The predicted molar refractivity (Wildman–Crippen MR) is 73.5 cm³/mol. The quantitative estimate of drug-likeness (QED) is 0.868. The first-order valence-corrected chi connectivity index (χ1v) is 6.65. The fourth-order valence-electron chi connectivity index (χ4n) is 2.28. The summed E-state index contributed by atoms with van der Waals surface area (Å²) in [5.41, 5.74) is 2.55. The van der Waals surface area contributed by atoms with E-state index in [2.05, 4.69) is 43.4 Å². The van der Waals surface area contributed by atoms with E-state index in [1.54, 1.807) is 4.90 Å². The molecule has 18 heavy (non-hydrogen) atoms. The Morgan fingerprint density at radius 3 is 2.56 bits per heavy atom. The van der Waals surface area contributed by atoms with Crippen LogP contribution in [0.4, 0.5) is 0 Å². The van der Waals surface area contributed by atoms with Gasteiger partial charge in [0.05, 0.1) is 0 Å². The maximum atomic E-state index is 11.9. The Kier molecular flexibility index (Phi) is 4.02. The van der Waals surface area contributed by atoms with E-state index in [4.69, 9.17) is 0 Å². The first kappa shape index (κ1) is 13.1. The van der Waals surface area contributed by atoms with Crippen molar-refractivity contribution in [2.24, 2.45) is 0 Å². The van der Waals surface area contributed by atoms with Crippen LogP contribution in [0.3, 0.4) is 0 Å². The van der Waals surface area contributed by atoms with Crippen molar-refractivity contribution in [3.05, 3.63) is 35.4 Å². The number of benzene rings is 1. The monoisotopic (exact) mass is 246 g/mol. The zero-order chi connectivity index (χ0) is 13.1. The molecule has 1 N–H and O–H groups in total. The number of nitrogens with zero attached hydrogens (tertiary/aromatic N) is 1. The van der Waals surface area contributed by atoms with E-state index in [-0.39, 0.29) is 11.9 Å². The highest BCUT2D eigenvalue weighted by molar-refractivity contribution is 5.77. The number of carbonyl (C=O) groups excluding carboxylic acids is 1. The fourth-order valence-corrected chi connectivity index (χ4v) is 2.28. The number of carbonyl (C=O) groups is 1. The summed E-state index contributed by atoms with van der Waals surface area (Å²) in [4.78, 5) is 13.7. The number of amides is 1. The fraction of sp³-hybridized carbons (Fsp3) is 0.533. The van der Waals surface area contributed by atoms with Crippen molar-refractivity contribution in [2.75, 3.05) is 20.1 Å². The van der Waals surface area contributed by atoms with Gasteiger partial charge in [0.1, 0.15) is 0 Å². The summed E-state index contributed by atoms with van der Waals surface area (Å²) < 4.78 is 0. The molecule has 3 heteroatoms. The van der Waals surface area contributed by atoms with Crippen molar-refractivity contribution in [1.82, 2.24) is 10.2 Å². The van der Waals surface area contributed by atoms with Crippen LogP contribution in [-0.4, -0.2) is 30.9 Å². The number of hydrogen-bond acceptors (Lipinski definition) is 2. The molecule has 1 aliphatic heterocycles. The van der Waals surface area contributed by atoms with Crippen LogP contribution < -0.4 is 5.32 Å². The highest BCUT2D eigenvalue weighted by Gasteiger charge is 2.21. The molecule has 1 amide bonds. The van der Waals surface area contributed by atoms with Crippen LogP contribution in [0.25, 0.3) is 0 Å². The minimum Gasteiger partial charge on any atom is -0.344 e. The van der Waals surface area contributed by atoms with Gasteiger partial charge in [-0.25, -0.2) is 0 Å². The molecule has 1 aromatic carbocycles. The summed E-state index contributed by atoms with van der Waals surface area (Å²) in [7, 11) is 1.87. The predicted octanol–water partition coefficient (Wildman–Crippen LogP) is 2.30. The largest absolute Gasteiger partial charge is 0.344 e. The molecule has 0 bridgehead atoms. The zero-order valence-electron chi connectivity index (χ0n) is 11.4. The van der Waals surface area contributed by atoms with Crippen molar-refractivity contribution in [3.63, 3.8) is 0 Å². The van der Waals surface area contributed by atoms with Crippen LogP contribution in [0.2, 0.25) is 0 Å². The van der Waals surface area contributed by atoms with Gasteiger partial charge in [-0.1, -0.05) is 38.1 Å². The molecule has 2 rings (SSSR count). The Bertz CT molecular complexity index is 411. The highest BCUT2D eigenvalue weighted by Crippen LogP contribution is 2.22. The molecule has 1 unspecified atom stereocenters. The Balaban J connectivity index is 2.13. The van der Waals surface area contributed by atoms with Gasteiger partial charge in [0.25, 0.3) is 0 Å². The standard InChI is InChI=1S/C15H22N2O/c1-11(2)12-4-6-13(7-5-12)14-10-15(18)17(3)9-8-16-14/h4-7,11,14,16H,8-10H2,1-3H3. The minimum atomic E-state index is 0.156. The lowest BCUT2D eigenvalue weighted by molar-refractivity contribution is -0.129. The summed E-state index contributed by atoms with van der Waals surface area (Å²) in [5.74, 6) is 0.770. The van der Waals surface area contributed by atoms with Crippen molar-refractivity contribution in [3.8, 4) is 0 Å². The molecule has 0 aliphatic carbocycles. The molecule has 0 aromatic heterocycles.